The number of aldehydes is 1. The van der Waals surface area contributed by atoms with E-state index in [1.807, 2.05) is 0 Å². The topological polar surface area (TPSA) is 110 Å². The fourth-order valence-corrected chi connectivity index (χ4v) is 3.24. The molecule has 0 saturated heterocycles. The van der Waals surface area contributed by atoms with Crippen LogP contribution in [0.1, 0.15) is 54.3 Å². The summed E-state index contributed by atoms with van der Waals surface area (Å²) in [5.41, 5.74) is 1.44. The number of carbonyl (C=O) groups is 5. The van der Waals surface area contributed by atoms with Crippen LogP contribution in [0.2, 0.25) is 0 Å². The Morgan fingerprint density at radius 3 is 2.17 bits per heavy atom. The molecular weight excluding hydrogens is 388 g/mol. The third kappa shape index (κ3) is 4.27. The summed E-state index contributed by atoms with van der Waals surface area (Å²) in [5, 5.41) is 2.60. The first-order chi connectivity index (χ1) is 14.5. The van der Waals surface area contributed by atoms with E-state index in [0.717, 1.165) is 4.90 Å². The lowest BCUT2D eigenvalue weighted by molar-refractivity contribution is -0.143. The Hall–Kier alpha value is -3.81. The number of fused-ring (bicyclic) bond motifs is 1. The summed E-state index contributed by atoms with van der Waals surface area (Å²) in [5.74, 6) is -1.87. The third-order valence-corrected chi connectivity index (χ3v) is 4.85. The number of hydrogen-bond donors (Lipinski definition) is 1. The molecule has 2 aromatic carbocycles. The molecule has 1 N–H and O–H groups in total. The van der Waals surface area contributed by atoms with E-state index >= 15 is 0 Å². The van der Waals surface area contributed by atoms with Gasteiger partial charge in [-0.15, -0.1) is 0 Å². The van der Waals surface area contributed by atoms with Gasteiger partial charge in [-0.1, -0.05) is 24.3 Å². The van der Waals surface area contributed by atoms with Crippen LogP contribution in [0.3, 0.4) is 0 Å². The van der Waals surface area contributed by atoms with Crippen LogP contribution in [-0.4, -0.2) is 54.6 Å². The van der Waals surface area contributed by atoms with E-state index in [1.54, 1.807) is 24.3 Å². The highest BCUT2D eigenvalue weighted by molar-refractivity contribution is 6.21. The summed E-state index contributed by atoms with van der Waals surface area (Å²) in [6.45, 7) is 0.115. The number of carbonyl (C=O) groups excluding carboxylic acids is 5. The van der Waals surface area contributed by atoms with E-state index in [1.165, 1.54) is 31.4 Å². The van der Waals surface area contributed by atoms with Crippen molar-refractivity contribution in [2.24, 2.45) is 0 Å². The van der Waals surface area contributed by atoms with Crippen molar-refractivity contribution in [2.45, 2.75) is 18.9 Å². The number of rotatable bonds is 8. The minimum Gasteiger partial charge on any atom is -0.467 e. The quantitative estimate of drug-likeness (QED) is 0.406. The molecule has 0 spiro atoms. The predicted molar refractivity (Wildman–Crippen MR) is 106 cm³/mol. The second kappa shape index (κ2) is 9.13. The Morgan fingerprint density at radius 2 is 1.63 bits per heavy atom. The van der Waals surface area contributed by atoms with Gasteiger partial charge in [-0.05, 0) is 37.1 Å². The number of benzene rings is 2. The summed E-state index contributed by atoms with van der Waals surface area (Å²) in [6.07, 6.45) is 1.14. The molecule has 0 aromatic heterocycles. The van der Waals surface area contributed by atoms with Gasteiger partial charge in [-0.3, -0.25) is 24.1 Å². The SMILES string of the molecule is COC(=O)C(CCCN1C(=O)c2ccccc2C1=O)NC(=O)c1ccc(C=O)cc1. The molecule has 1 unspecified atom stereocenters. The van der Waals surface area contributed by atoms with Crippen molar-refractivity contribution in [1.82, 2.24) is 10.2 Å². The highest BCUT2D eigenvalue weighted by atomic mass is 16.5. The average molecular weight is 408 g/mol. The summed E-state index contributed by atoms with van der Waals surface area (Å²) in [6, 6.07) is 11.6. The molecule has 0 fully saturated rings. The Balaban J connectivity index is 1.61. The van der Waals surface area contributed by atoms with Gasteiger partial charge in [0.1, 0.15) is 12.3 Å². The lowest BCUT2D eigenvalue weighted by Gasteiger charge is -2.18. The Kier molecular flexibility index (Phi) is 6.36. The summed E-state index contributed by atoms with van der Waals surface area (Å²) < 4.78 is 4.75. The largest absolute Gasteiger partial charge is 0.467 e. The van der Waals surface area contributed by atoms with Crippen LogP contribution in [0.5, 0.6) is 0 Å². The van der Waals surface area contributed by atoms with Crippen LogP contribution in [0.25, 0.3) is 0 Å². The van der Waals surface area contributed by atoms with Gasteiger partial charge in [0.25, 0.3) is 17.7 Å². The van der Waals surface area contributed by atoms with E-state index in [9.17, 15) is 24.0 Å². The molecule has 1 heterocycles. The van der Waals surface area contributed by atoms with E-state index in [-0.39, 0.29) is 30.3 Å². The molecule has 1 atom stereocenters. The van der Waals surface area contributed by atoms with Crippen molar-refractivity contribution in [1.29, 1.82) is 0 Å². The molecule has 3 amide bonds. The maximum absolute atomic E-state index is 12.4. The van der Waals surface area contributed by atoms with Gasteiger partial charge in [0, 0.05) is 17.7 Å². The van der Waals surface area contributed by atoms with E-state index < -0.39 is 17.9 Å². The first kappa shape index (κ1) is 20.9. The van der Waals surface area contributed by atoms with Gasteiger partial charge in [0.15, 0.2) is 0 Å². The maximum atomic E-state index is 12.4. The van der Waals surface area contributed by atoms with Gasteiger partial charge in [-0.2, -0.15) is 0 Å². The number of imide groups is 1. The van der Waals surface area contributed by atoms with Crippen LogP contribution in [-0.2, 0) is 9.53 Å². The minimum absolute atomic E-state index is 0.115. The van der Waals surface area contributed by atoms with Crippen LogP contribution in [0.15, 0.2) is 48.5 Å². The highest BCUT2D eigenvalue weighted by Crippen LogP contribution is 2.22. The number of amides is 3. The van der Waals surface area contributed by atoms with Gasteiger partial charge in [0.05, 0.1) is 18.2 Å². The molecule has 8 nitrogen and oxygen atoms in total. The zero-order valence-electron chi connectivity index (χ0n) is 16.3. The zero-order valence-corrected chi connectivity index (χ0v) is 16.3. The number of nitrogens with one attached hydrogen (secondary N) is 1. The molecule has 30 heavy (non-hydrogen) atoms. The standard InChI is InChI=1S/C22H20N2O6/c1-30-22(29)18(23-19(26)15-10-8-14(13-25)9-11-15)7-4-12-24-20(27)16-5-2-3-6-17(16)21(24)28/h2-3,5-6,8-11,13,18H,4,7,12H2,1H3,(H,23,26). The number of nitrogens with zero attached hydrogens (tertiary/aromatic N) is 1. The van der Waals surface area contributed by atoms with Crippen molar-refractivity contribution >= 4 is 30.0 Å². The number of ether oxygens (including phenoxy) is 1. The zero-order chi connectivity index (χ0) is 21.7. The first-order valence-electron chi connectivity index (χ1n) is 9.35. The van der Waals surface area contributed by atoms with Crippen LogP contribution in [0, 0.1) is 0 Å². The van der Waals surface area contributed by atoms with E-state index in [2.05, 4.69) is 5.32 Å². The van der Waals surface area contributed by atoms with Crippen LogP contribution in [0.4, 0.5) is 0 Å². The molecule has 2 aromatic rings. The van der Waals surface area contributed by atoms with Crippen molar-refractivity contribution in [3.05, 3.63) is 70.8 Å². The smallest absolute Gasteiger partial charge is 0.328 e. The fraction of sp³-hybridized carbons (Fsp3) is 0.227. The molecule has 8 heteroatoms. The molecule has 3 rings (SSSR count). The highest BCUT2D eigenvalue weighted by Gasteiger charge is 2.35. The molecule has 0 radical (unpaired) electrons. The maximum Gasteiger partial charge on any atom is 0.328 e. The van der Waals surface area contributed by atoms with Crippen molar-refractivity contribution in [3.8, 4) is 0 Å². The monoisotopic (exact) mass is 408 g/mol. The lowest BCUT2D eigenvalue weighted by atomic mass is 10.1. The number of esters is 1. The molecule has 1 aliphatic heterocycles. The Morgan fingerprint density at radius 1 is 1.03 bits per heavy atom. The summed E-state index contributed by atoms with van der Waals surface area (Å²) in [4.78, 5) is 61.2. The lowest BCUT2D eigenvalue weighted by Crippen LogP contribution is -2.42. The second-order valence-electron chi connectivity index (χ2n) is 6.74. The first-order valence-corrected chi connectivity index (χ1v) is 9.35. The molecule has 154 valence electrons. The average Bonchev–Trinajstić information content (AvgIpc) is 3.02. The van der Waals surface area contributed by atoms with Gasteiger partial charge < -0.3 is 10.1 Å². The van der Waals surface area contributed by atoms with Gasteiger partial charge in [-0.25, -0.2) is 4.79 Å². The van der Waals surface area contributed by atoms with Gasteiger partial charge in [0.2, 0.25) is 0 Å². The van der Waals surface area contributed by atoms with Crippen molar-refractivity contribution in [2.75, 3.05) is 13.7 Å². The Labute approximate surface area is 172 Å². The number of methoxy groups -OCH3 is 1. The Bertz CT molecular complexity index is 964. The van der Waals surface area contributed by atoms with Crippen molar-refractivity contribution < 1.29 is 28.7 Å². The molecule has 0 aliphatic carbocycles. The molecule has 0 saturated carbocycles. The summed E-state index contributed by atoms with van der Waals surface area (Å²) in [7, 11) is 1.21. The normalized spacial score (nSPS) is 13.6. The molecular formula is C22H20N2O6. The molecule has 0 bridgehead atoms. The second-order valence-corrected chi connectivity index (χ2v) is 6.74. The van der Waals surface area contributed by atoms with Gasteiger partial charge >= 0.3 is 5.97 Å². The predicted octanol–water partition coefficient (Wildman–Crippen LogP) is 1.85. The van der Waals surface area contributed by atoms with E-state index in [4.69, 9.17) is 4.74 Å². The molecule has 1 aliphatic rings. The van der Waals surface area contributed by atoms with Crippen LogP contribution >= 0.6 is 0 Å². The van der Waals surface area contributed by atoms with Crippen LogP contribution < -0.4 is 5.32 Å². The third-order valence-electron chi connectivity index (χ3n) is 4.85. The fourth-order valence-electron chi connectivity index (χ4n) is 3.24. The minimum atomic E-state index is -0.941. The van der Waals surface area contributed by atoms with E-state index in [0.29, 0.717) is 29.4 Å². The number of hydrogen-bond acceptors (Lipinski definition) is 6. The van der Waals surface area contributed by atoms with Crippen molar-refractivity contribution in [3.63, 3.8) is 0 Å². The summed E-state index contributed by atoms with van der Waals surface area (Å²) >= 11 is 0.